The third-order valence-corrected chi connectivity index (χ3v) is 5.16. The Morgan fingerprint density at radius 3 is 2.70 bits per heavy atom. The average Bonchev–Trinajstić information content (AvgIpc) is 3.19. The molecule has 138 valence electrons. The number of hydrogen-bond donors (Lipinski definition) is 2. The molecule has 3 heterocycles. The van der Waals surface area contributed by atoms with Crippen LogP contribution in [0.5, 0.6) is 5.75 Å². The molecule has 1 aromatic carbocycles. The molecular weight excluding hydrogens is 366 g/mol. The van der Waals surface area contributed by atoms with Gasteiger partial charge >= 0.3 is 0 Å². The average molecular weight is 384 g/mol. The van der Waals surface area contributed by atoms with Crippen molar-refractivity contribution in [2.24, 2.45) is 5.73 Å². The first-order valence-corrected chi connectivity index (χ1v) is 8.64. The first kappa shape index (κ1) is 17.2. The lowest BCUT2D eigenvalue weighted by Crippen LogP contribution is -2.14. The van der Waals surface area contributed by atoms with Gasteiger partial charge in [0.1, 0.15) is 11.6 Å². The maximum atomic E-state index is 12.2. The Bertz CT molecular complexity index is 1240. The molecule has 0 spiro atoms. The fourth-order valence-corrected chi connectivity index (χ4v) is 3.94. The van der Waals surface area contributed by atoms with Gasteiger partial charge in [-0.1, -0.05) is 11.6 Å². The Kier molecular flexibility index (Phi) is 3.78. The van der Waals surface area contributed by atoms with E-state index in [0.29, 0.717) is 33.0 Å². The van der Waals surface area contributed by atoms with Crippen LogP contribution in [0.3, 0.4) is 0 Å². The molecule has 0 aliphatic heterocycles. The van der Waals surface area contributed by atoms with Crippen molar-refractivity contribution in [3.8, 4) is 11.4 Å². The van der Waals surface area contributed by atoms with Crippen molar-refractivity contribution in [3.63, 3.8) is 0 Å². The van der Waals surface area contributed by atoms with E-state index < -0.39 is 5.91 Å². The molecule has 4 rings (SSSR count). The predicted octanol–water partition coefficient (Wildman–Crippen LogP) is 3.24. The third kappa shape index (κ3) is 2.28. The SMILES string of the molecule is COc1ccc(Cl)c(-n2c(N)c(C(N)=O)c3cc(C)n4ccnc4c32)c1C. The van der Waals surface area contributed by atoms with Gasteiger partial charge in [0.15, 0.2) is 5.65 Å². The lowest BCUT2D eigenvalue weighted by Gasteiger charge is -2.16. The Morgan fingerprint density at radius 1 is 1.30 bits per heavy atom. The highest BCUT2D eigenvalue weighted by Gasteiger charge is 2.26. The molecule has 1 amide bonds. The van der Waals surface area contributed by atoms with Gasteiger partial charge in [-0.2, -0.15) is 0 Å². The van der Waals surface area contributed by atoms with Crippen LogP contribution >= 0.6 is 11.6 Å². The number of pyridine rings is 1. The molecule has 0 fully saturated rings. The summed E-state index contributed by atoms with van der Waals surface area (Å²) in [6.45, 7) is 3.81. The van der Waals surface area contributed by atoms with E-state index in [0.717, 1.165) is 11.3 Å². The number of methoxy groups -OCH3 is 1. The number of hydrogen-bond acceptors (Lipinski definition) is 4. The standard InChI is InChI=1S/C19H18ClN5O2/c1-9-8-11-14(18(22)26)17(21)25(16(11)19-23-6-7-24(9)19)15-10(2)13(27-3)5-4-12(15)20/h4-8H,21H2,1-3H3,(H2,22,26). The van der Waals surface area contributed by atoms with E-state index in [1.54, 1.807) is 30.0 Å². The number of carbonyl (C=O) groups is 1. The van der Waals surface area contributed by atoms with Gasteiger partial charge in [0, 0.05) is 29.0 Å². The quantitative estimate of drug-likeness (QED) is 0.567. The first-order chi connectivity index (χ1) is 12.9. The number of aryl methyl sites for hydroxylation is 1. The van der Waals surface area contributed by atoms with Gasteiger partial charge in [0.05, 0.1) is 28.9 Å². The molecule has 27 heavy (non-hydrogen) atoms. The Morgan fingerprint density at radius 2 is 2.04 bits per heavy atom. The Hall–Kier alpha value is -3.19. The second kappa shape index (κ2) is 5.92. The Balaban J connectivity index is 2.28. The van der Waals surface area contributed by atoms with Crippen molar-refractivity contribution in [3.05, 3.63) is 52.4 Å². The van der Waals surface area contributed by atoms with Crippen LogP contribution in [-0.2, 0) is 0 Å². The van der Waals surface area contributed by atoms with E-state index in [2.05, 4.69) is 4.98 Å². The Labute approximate surface area is 160 Å². The molecule has 4 aromatic rings. The molecule has 4 N–H and O–H groups in total. The molecule has 8 heteroatoms. The van der Waals surface area contributed by atoms with Crippen LogP contribution in [0.2, 0.25) is 5.02 Å². The van der Waals surface area contributed by atoms with Crippen molar-refractivity contribution in [1.82, 2.24) is 14.0 Å². The van der Waals surface area contributed by atoms with E-state index in [1.165, 1.54) is 0 Å². The van der Waals surface area contributed by atoms with Crippen molar-refractivity contribution in [2.45, 2.75) is 13.8 Å². The molecule has 0 aliphatic rings. The van der Waals surface area contributed by atoms with E-state index in [4.69, 9.17) is 27.8 Å². The van der Waals surface area contributed by atoms with E-state index >= 15 is 0 Å². The van der Waals surface area contributed by atoms with Gasteiger partial charge in [0.2, 0.25) is 0 Å². The van der Waals surface area contributed by atoms with E-state index in [9.17, 15) is 4.79 Å². The van der Waals surface area contributed by atoms with Crippen molar-refractivity contribution < 1.29 is 9.53 Å². The minimum atomic E-state index is -0.608. The summed E-state index contributed by atoms with van der Waals surface area (Å²) in [5.74, 6) is 0.261. The molecule has 0 saturated carbocycles. The summed E-state index contributed by atoms with van der Waals surface area (Å²) in [6.07, 6.45) is 3.54. The second-order valence-corrected chi connectivity index (χ2v) is 6.76. The van der Waals surface area contributed by atoms with Gasteiger partial charge in [-0.15, -0.1) is 0 Å². The highest BCUT2D eigenvalue weighted by atomic mass is 35.5. The highest BCUT2D eigenvalue weighted by Crippen LogP contribution is 2.39. The van der Waals surface area contributed by atoms with Gasteiger partial charge in [-0.25, -0.2) is 4.98 Å². The number of nitrogens with two attached hydrogens (primary N) is 2. The number of nitrogen functional groups attached to an aromatic ring is 1. The first-order valence-electron chi connectivity index (χ1n) is 8.26. The number of amides is 1. The summed E-state index contributed by atoms with van der Waals surface area (Å²) in [5.41, 5.74) is 16.0. The normalized spacial score (nSPS) is 11.4. The number of nitrogens with zero attached hydrogens (tertiary/aromatic N) is 3. The van der Waals surface area contributed by atoms with Crippen molar-refractivity contribution in [1.29, 1.82) is 0 Å². The summed E-state index contributed by atoms with van der Waals surface area (Å²) < 4.78 is 9.09. The van der Waals surface area contributed by atoms with Crippen LogP contribution in [-0.4, -0.2) is 27.0 Å². The number of benzene rings is 1. The zero-order valence-corrected chi connectivity index (χ0v) is 15.8. The van der Waals surface area contributed by atoms with Gasteiger partial charge in [-0.3, -0.25) is 9.36 Å². The molecule has 7 nitrogen and oxygen atoms in total. The lowest BCUT2D eigenvalue weighted by atomic mass is 10.1. The number of aromatic nitrogens is 3. The van der Waals surface area contributed by atoms with Crippen LogP contribution in [0.15, 0.2) is 30.6 Å². The van der Waals surface area contributed by atoms with Crippen LogP contribution in [0.25, 0.3) is 22.2 Å². The number of ether oxygens (including phenoxy) is 1. The van der Waals surface area contributed by atoms with Crippen LogP contribution in [0.1, 0.15) is 21.6 Å². The fraction of sp³-hybridized carbons (Fsp3) is 0.158. The maximum absolute atomic E-state index is 12.2. The minimum Gasteiger partial charge on any atom is -0.496 e. The molecule has 0 saturated heterocycles. The highest BCUT2D eigenvalue weighted by molar-refractivity contribution is 6.33. The summed E-state index contributed by atoms with van der Waals surface area (Å²) in [4.78, 5) is 16.7. The van der Waals surface area contributed by atoms with E-state index in [-0.39, 0.29) is 11.4 Å². The molecule has 3 aromatic heterocycles. The zero-order valence-electron chi connectivity index (χ0n) is 15.1. The van der Waals surface area contributed by atoms with Crippen LogP contribution < -0.4 is 16.2 Å². The third-order valence-electron chi connectivity index (χ3n) is 4.85. The molecule has 0 radical (unpaired) electrons. The van der Waals surface area contributed by atoms with Crippen molar-refractivity contribution >= 4 is 39.9 Å². The van der Waals surface area contributed by atoms with Crippen molar-refractivity contribution in [2.75, 3.05) is 12.8 Å². The maximum Gasteiger partial charge on any atom is 0.253 e. The molecule has 0 bridgehead atoms. The summed E-state index contributed by atoms with van der Waals surface area (Å²) in [7, 11) is 1.59. The largest absolute Gasteiger partial charge is 0.496 e. The minimum absolute atomic E-state index is 0.214. The summed E-state index contributed by atoms with van der Waals surface area (Å²) >= 11 is 6.54. The monoisotopic (exact) mass is 383 g/mol. The molecule has 0 unspecified atom stereocenters. The molecule has 0 atom stereocenters. The predicted molar refractivity (Wildman–Crippen MR) is 106 cm³/mol. The molecule has 0 aliphatic carbocycles. The number of anilines is 1. The number of carbonyl (C=O) groups excluding carboxylic acids is 1. The number of primary amides is 1. The topological polar surface area (TPSA) is 101 Å². The summed E-state index contributed by atoms with van der Waals surface area (Å²) in [6, 6.07) is 5.39. The number of rotatable bonds is 3. The van der Waals surface area contributed by atoms with E-state index in [1.807, 2.05) is 30.5 Å². The zero-order chi connectivity index (χ0) is 19.5. The van der Waals surface area contributed by atoms with Gasteiger partial charge in [-0.05, 0) is 32.0 Å². The fourth-order valence-electron chi connectivity index (χ4n) is 3.65. The smallest absolute Gasteiger partial charge is 0.253 e. The van der Waals surface area contributed by atoms with Crippen LogP contribution in [0, 0.1) is 13.8 Å². The molecular formula is C19H18ClN5O2. The van der Waals surface area contributed by atoms with Gasteiger partial charge in [0.25, 0.3) is 5.91 Å². The number of fused-ring (bicyclic) bond motifs is 3. The number of halogens is 1. The van der Waals surface area contributed by atoms with Crippen LogP contribution in [0.4, 0.5) is 5.82 Å². The lowest BCUT2D eigenvalue weighted by molar-refractivity contribution is 0.100. The van der Waals surface area contributed by atoms with Gasteiger partial charge < -0.3 is 20.6 Å². The second-order valence-electron chi connectivity index (χ2n) is 6.35. The number of imidazole rings is 1. The summed E-state index contributed by atoms with van der Waals surface area (Å²) in [5, 5.41) is 1.10.